The van der Waals surface area contributed by atoms with Crippen LogP contribution in [0, 0.1) is 0 Å². The normalized spacial score (nSPS) is 11.6. The van der Waals surface area contributed by atoms with Crippen LogP contribution in [0.25, 0.3) is 0 Å². The molecule has 2 amide bonds. The van der Waals surface area contributed by atoms with E-state index in [9.17, 15) is 9.59 Å². The van der Waals surface area contributed by atoms with Gasteiger partial charge in [0.1, 0.15) is 6.04 Å². The molecule has 2 N–H and O–H groups in total. The third-order valence-electron chi connectivity index (χ3n) is 2.48. The van der Waals surface area contributed by atoms with Gasteiger partial charge in [0.25, 0.3) is 0 Å². The first-order valence-corrected chi connectivity index (χ1v) is 7.74. The van der Waals surface area contributed by atoms with Gasteiger partial charge in [-0.3, -0.25) is 0 Å². The number of hydrogen-bond acceptors (Lipinski definition) is 4. The predicted molar refractivity (Wildman–Crippen MR) is 82.4 cm³/mol. The molecule has 0 radical (unpaired) electrons. The quantitative estimate of drug-likeness (QED) is 0.792. The molecule has 0 heterocycles. The SMILES string of the molecule is COC(=O)C(CCSC)NC(=O)Nc1cccc(Cl)c1. The molecule has 0 aliphatic rings. The van der Waals surface area contributed by atoms with Crippen molar-refractivity contribution < 1.29 is 14.3 Å². The van der Waals surface area contributed by atoms with E-state index >= 15 is 0 Å². The molecular formula is C13H17ClN2O3S. The van der Waals surface area contributed by atoms with Crippen molar-refractivity contribution >= 4 is 41.1 Å². The summed E-state index contributed by atoms with van der Waals surface area (Å²) >= 11 is 7.42. The zero-order valence-electron chi connectivity index (χ0n) is 11.3. The van der Waals surface area contributed by atoms with Crippen molar-refractivity contribution in [2.45, 2.75) is 12.5 Å². The van der Waals surface area contributed by atoms with E-state index in [1.807, 2.05) is 6.26 Å². The van der Waals surface area contributed by atoms with Crippen LogP contribution in [0.2, 0.25) is 5.02 Å². The molecule has 0 saturated heterocycles. The summed E-state index contributed by atoms with van der Waals surface area (Å²) in [5.41, 5.74) is 0.559. The highest BCUT2D eigenvalue weighted by molar-refractivity contribution is 7.98. The maximum absolute atomic E-state index is 11.8. The molecule has 7 heteroatoms. The van der Waals surface area contributed by atoms with E-state index in [1.165, 1.54) is 7.11 Å². The minimum atomic E-state index is -0.661. The van der Waals surface area contributed by atoms with Crippen molar-refractivity contribution in [3.05, 3.63) is 29.3 Å². The summed E-state index contributed by atoms with van der Waals surface area (Å²) in [7, 11) is 1.30. The average molecular weight is 317 g/mol. The van der Waals surface area contributed by atoms with E-state index in [0.29, 0.717) is 17.1 Å². The van der Waals surface area contributed by atoms with E-state index in [1.54, 1.807) is 36.0 Å². The number of benzene rings is 1. The first-order valence-electron chi connectivity index (χ1n) is 5.96. The third-order valence-corrected chi connectivity index (χ3v) is 3.36. The predicted octanol–water partition coefficient (Wildman–Crippen LogP) is 2.76. The van der Waals surface area contributed by atoms with Gasteiger partial charge in [-0.1, -0.05) is 17.7 Å². The fraction of sp³-hybridized carbons (Fsp3) is 0.385. The number of esters is 1. The second-order valence-corrected chi connectivity index (χ2v) is 5.39. The van der Waals surface area contributed by atoms with Gasteiger partial charge in [-0.15, -0.1) is 0 Å². The number of hydrogen-bond donors (Lipinski definition) is 2. The summed E-state index contributed by atoms with van der Waals surface area (Å²) in [5.74, 6) is 0.289. The summed E-state index contributed by atoms with van der Waals surface area (Å²) in [6, 6.07) is 5.64. The molecule has 0 bridgehead atoms. The van der Waals surface area contributed by atoms with Gasteiger partial charge in [0, 0.05) is 10.7 Å². The lowest BCUT2D eigenvalue weighted by Crippen LogP contribution is -2.44. The summed E-state index contributed by atoms with van der Waals surface area (Å²) in [6.45, 7) is 0. The number of methoxy groups -OCH3 is 1. The molecule has 0 aliphatic carbocycles. The first kappa shape index (κ1) is 16.7. The molecule has 1 atom stereocenters. The lowest BCUT2D eigenvalue weighted by Gasteiger charge is -2.16. The number of amides is 2. The van der Waals surface area contributed by atoms with Gasteiger partial charge in [-0.2, -0.15) is 11.8 Å². The van der Waals surface area contributed by atoms with Gasteiger partial charge in [-0.25, -0.2) is 9.59 Å². The number of anilines is 1. The van der Waals surface area contributed by atoms with Gasteiger partial charge < -0.3 is 15.4 Å². The molecule has 110 valence electrons. The molecule has 0 aromatic heterocycles. The fourth-order valence-corrected chi connectivity index (χ4v) is 2.18. The molecule has 1 rings (SSSR count). The lowest BCUT2D eigenvalue weighted by atomic mass is 10.2. The molecule has 5 nitrogen and oxygen atoms in total. The zero-order valence-corrected chi connectivity index (χ0v) is 12.9. The van der Waals surface area contributed by atoms with Crippen LogP contribution >= 0.6 is 23.4 Å². The van der Waals surface area contributed by atoms with Gasteiger partial charge in [0.2, 0.25) is 0 Å². The molecule has 0 aliphatic heterocycles. The monoisotopic (exact) mass is 316 g/mol. The van der Waals surface area contributed by atoms with Crippen molar-refractivity contribution in [3.8, 4) is 0 Å². The topological polar surface area (TPSA) is 67.4 Å². The third kappa shape index (κ3) is 5.71. The standard InChI is InChI=1S/C13H17ClN2O3S/c1-19-12(17)11(6-7-20-2)16-13(18)15-10-5-3-4-9(14)8-10/h3-5,8,11H,6-7H2,1-2H3,(H2,15,16,18). The molecule has 0 spiro atoms. The number of ether oxygens (including phenoxy) is 1. The minimum absolute atomic E-state index is 0.458. The van der Waals surface area contributed by atoms with Crippen LogP contribution in [0.3, 0.4) is 0 Å². The number of halogens is 1. The summed E-state index contributed by atoms with van der Waals surface area (Å²) < 4.78 is 4.67. The van der Waals surface area contributed by atoms with Crippen molar-refractivity contribution in [3.63, 3.8) is 0 Å². The molecule has 0 saturated carbocycles. The van der Waals surface area contributed by atoms with Gasteiger partial charge in [0.05, 0.1) is 7.11 Å². The highest BCUT2D eigenvalue weighted by Gasteiger charge is 2.20. The highest BCUT2D eigenvalue weighted by Crippen LogP contribution is 2.14. The number of thioether (sulfide) groups is 1. The van der Waals surface area contributed by atoms with Crippen LogP contribution in [-0.2, 0) is 9.53 Å². The number of nitrogens with one attached hydrogen (secondary N) is 2. The zero-order chi connectivity index (χ0) is 15.0. The molecule has 1 aromatic carbocycles. The largest absolute Gasteiger partial charge is 0.467 e. The summed E-state index contributed by atoms with van der Waals surface area (Å²) in [6.07, 6.45) is 2.44. The summed E-state index contributed by atoms with van der Waals surface area (Å²) in [4.78, 5) is 23.4. The second kappa shape index (κ2) is 8.71. The molecule has 1 aromatic rings. The van der Waals surface area contributed by atoms with Crippen molar-refractivity contribution in [2.75, 3.05) is 24.4 Å². The number of rotatable bonds is 6. The van der Waals surface area contributed by atoms with Crippen molar-refractivity contribution in [1.29, 1.82) is 0 Å². The average Bonchev–Trinajstić information content (AvgIpc) is 2.42. The van der Waals surface area contributed by atoms with Crippen LogP contribution in [0.15, 0.2) is 24.3 Å². The van der Waals surface area contributed by atoms with Crippen molar-refractivity contribution in [2.24, 2.45) is 0 Å². The van der Waals surface area contributed by atoms with E-state index in [4.69, 9.17) is 11.6 Å². The minimum Gasteiger partial charge on any atom is -0.467 e. The molecule has 20 heavy (non-hydrogen) atoms. The number of urea groups is 1. The van der Waals surface area contributed by atoms with Gasteiger partial charge in [-0.05, 0) is 36.6 Å². The van der Waals surface area contributed by atoms with Crippen LogP contribution in [0.4, 0.5) is 10.5 Å². The summed E-state index contributed by atoms with van der Waals surface area (Å²) in [5, 5.41) is 5.73. The van der Waals surface area contributed by atoms with E-state index in [0.717, 1.165) is 5.75 Å². The lowest BCUT2D eigenvalue weighted by molar-refractivity contribution is -0.142. The fourth-order valence-electron chi connectivity index (χ4n) is 1.52. The number of carbonyl (C=O) groups is 2. The van der Waals surface area contributed by atoms with Crippen LogP contribution < -0.4 is 10.6 Å². The van der Waals surface area contributed by atoms with Crippen molar-refractivity contribution in [1.82, 2.24) is 5.32 Å². The molecule has 0 fully saturated rings. The Morgan fingerprint density at radius 1 is 1.45 bits per heavy atom. The Morgan fingerprint density at radius 2 is 2.20 bits per heavy atom. The Kier molecular flexibility index (Phi) is 7.25. The Labute approximate surface area is 127 Å². The van der Waals surface area contributed by atoms with E-state index in [-0.39, 0.29) is 0 Å². The maximum atomic E-state index is 11.8. The molecule has 1 unspecified atom stereocenters. The van der Waals surface area contributed by atoms with E-state index < -0.39 is 18.0 Å². The Hall–Kier alpha value is -1.40. The van der Waals surface area contributed by atoms with Gasteiger partial charge in [0.15, 0.2) is 0 Å². The smallest absolute Gasteiger partial charge is 0.328 e. The number of carbonyl (C=O) groups excluding carboxylic acids is 2. The highest BCUT2D eigenvalue weighted by atomic mass is 35.5. The van der Waals surface area contributed by atoms with Crippen LogP contribution in [0.5, 0.6) is 0 Å². The molecular weight excluding hydrogens is 300 g/mol. The van der Waals surface area contributed by atoms with E-state index in [2.05, 4.69) is 15.4 Å². The Bertz CT molecular complexity index is 471. The Balaban J connectivity index is 2.59. The second-order valence-electron chi connectivity index (χ2n) is 3.97. The van der Waals surface area contributed by atoms with Crippen LogP contribution in [0.1, 0.15) is 6.42 Å². The maximum Gasteiger partial charge on any atom is 0.328 e. The Morgan fingerprint density at radius 3 is 2.80 bits per heavy atom. The first-order chi connectivity index (χ1) is 9.56. The van der Waals surface area contributed by atoms with Crippen LogP contribution in [-0.4, -0.2) is 37.2 Å². The van der Waals surface area contributed by atoms with Gasteiger partial charge >= 0.3 is 12.0 Å².